The van der Waals surface area contributed by atoms with E-state index in [9.17, 15) is 13.2 Å². The predicted octanol–water partition coefficient (Wildman–Crippen LogP) is 2.35. The maximum atomic E-state index is 12.2. The van der Waals surface area contributed by atoms with Gasteiger partial charge >= 0.3 is 0 Å². The minimum Gasteiger partial charge on any atom is -0.490 e. The van der Waals surface area contributed by atoms with Crippen molar-refractivity contribution in [1.29, 1.82) is 0 Å². The van der Waals surface area contributed by atoms with Crippen LogP contribution in [0.5, 0.6) is 5.75 Å². The molecule has 1 aromatic rings. The van der Waals surface area contributed by atoms with E-state index in [0.29, 0.717) is 0 Å². The van der Waals surface area contributed by atoms with Gasteiger partial charge in [0.25, 0.3) is 0 Å². The SMILES string of the molecule is O=C(/C=C/c1ccc(OC2CCN(C3CCC3)CC2)cc1)N1CCS(=O)(=O)CC1. The standard InChI is InChI=1S/C22H30N2O4S/c25-22(24-14-16-29(26,27)17-15-24)9-6-18-4-7-20(8-5-18)28-21-10-12-23(13-11-21)19-2-1-3-19/h4-9,19,21H,1-3,10-17H2/b9-6+. The molecule has 1 saturated carbocycles. The van der Waals surface area contributed by atoms with E-state index < -0.39 is 9.84 Å². The van der Waals surface area contributed by atoms with Gasteiger partial charge in [-0.15, -0.1) is 0 Å². The molecule has 1 amide bonds. The van der Waals surface area contributed by atoms with E-state index in [1.807, 2.05) is 24.3 Å². The summed E-state index contributed by atoms with van der Waals surface area (Å²) in [6.45, 7) is 2.82. The molecule has 0 atom stereocenters. The Hall–Kier alpha value is -1.86. The highest BCUT2D eigenvalue weighted by molar-refractivity contribution is 7.91. The number of rotatable bonds is 5. The fourth-order valence-corrected chi connectivity index (χ4v) is 5.37. The lowest BCUT2D eigenvalue weighted by Gasteiger charge is -2.41. The molecule has 2 saturated heterocycles. The molecule has 0 N–H and O–H groups in total. The molecule has 0 unspecified atom stereocenters. The van der Waals surface area contributed by atoms with E-state index >= 15 is 0 Å². The molecule has 2 aliphatic heterocycles. The van der Waals surface area contributed by atoms with Crippen LogP contribution in [0.1, 0.15) is 37.7 Å². The van der Waals surface area contributed by atoms with Crippen LogP contribution in [0.2, 0.25) is 0 Å². The van der Waals surface area contributed by atoms with Crippen molar-refractivity contribution >= 4 is 21.8 Å². The first-order valence-corrected chi connectivity index (χ1v) is 12.5. The monoisotopic (exact) mass is 418 g/mol. The second kappa shape index (κ2) is 8.88. The fraction of sp³-hybridized carbons (Fsp3) is 0.591. The summed E-state index contributed by atoms with van der Waals surface area (Å²) in [6, 6.07) is 8.62. The zero-order valence-electron chi connectivity index (χ0n) is 16.8. The Bertz CT molecular complexity index is 824. The van der Waals surface area contributed by atoms with Gasteiger partial charge in [-0.1, -0.05) is 18.6 Å². The lowest BCUT2D eigenvalue weighted by molar-refractivity contribution is -0.125. The minimum atomic E-state index is -2.97. The minimum absolute atomic E-state index is 0.0538. The summed E-state index contributed by atoms with van der Waals surface area (Å²) in [7, 11) is -2.97. The van der Waals surface area contributed by atoms with Crippen LogP contribution in [-0.2, 0) is 14.6 Å². The highest BCUT2D eigenvalue weighted by Gasteiger charge is 2.29. The van der Waals surface area contributed by atoms with Crippen molar-refractivity contribution < 1.29 is 17.9 Å². The summed E-state index contributed by atoms with van der Waals surface area (Å²) in [4.78, 5) is 16.4. The number of nitrogens with zero attached hydrogens (tertiary/aromatic N) is 2. The Morgan fingerprint density at radius 1 is 0.966 bits per heavy atom. The lowest BCUT2D eigenvalue weighted by atomic mass is 9.90. The normalized spacial score (nSPS) is 23.8. The van der Waals surface area contributed by atoms with Gasteiger partial charge in [0.15, 0.2) is 9.84 Å². The number of hydrogen-bond donors (Lipinski definition) is 0. The van der Waals surface area contributed by atoms with Crippen molar-refractivity contribution in [1.82, 2.24) is 9.80 Å². The number of ether oxygens (including phenoxy) is 1. The molecule has 1 aromatic carbocycles. The number of hydrogen-bond acceptors (Lipinski definition) is 5. The first-order chi connectivity index (χ1) is 14.0. The van der Waals surface area contributed by atoms with E-state index in [2.05, 4.69) is 4.90 Å². The van der Waals surface area contributed by atoms with Crippen LogP contribution in [0.3, 0.4) is 0 Å². The molecular weight excluding hydrogens is 388 g/mol. The van der Waals surface area contributed by atoms with Gasteiger partial charge in [-0.2, -0.15) is 0 Å². The topological polar surface area (TPSA) is 66.9 Å². The summed E-state index contributed by atoms with van der Waals surface area (Å²) in [5, 5.41) is 0. The van der Waals surface area contributed by atoms with Crippen molar-refractivity contribution in [2.75, 3.05) is 37.7 Å². The zero-order chi connectivity index (χ0) is 20.3. The molecule has 0 spiro atoms. The van der Waals surface area contributed by atoms with Crippen LogP contribution < -0.4 is 4.74 Å². The number of carbonyl (C=O) groups excluding carboxylic acids is 1. The molecular formula is C22H30N2O4S. The number of piperidine rings is 1. The largest absolute Gasteiger partial charge is 0.490 e. The maximum absolute atomic E-state index is 12.2. The van der Waals surface area contributed by atoms with E-state index in [1.54, 1.807) is 11.0 Å². The zero-order valence-corrected chi connectivity index (χ0v) is 17.6. The Morgan fingerprint density at radius 3 is 2.21 bits per heavy atom. The van der Waals surface area contributed by atoms with Gasteiger partial charge in [-0.05, 0) is 49.5 Å². The van der Waals surface area contributed by atoms with Crippen LogP contribution >= 0.6 is 0 Å². The Balaban J connectivity index is 1.24. The summed E-state index contributed by atoms with van der Waals surface area (Å²) in [5.74, 6) is 0.839. The molecule has 158 valence electrons. The van der Waals surface area contributed by atoms with Crippen LogP contribution in [-0.4, -0.2) is 74.0 Å². The van der Waals surface area contributed by atoms with Crippen LogP contribution in [0, 0.1) is 0 Å². The van der Waals surface area contributed by atoms with Crippen LogP contribution in [0.4, 0.5) is 0 Å². The Labute approximate surface area is 173 Å². The molecule has 0 aromatic heterocycles. The summed E-state index contributed by atoms with van der Waals surface area (Å²) in [6.07, 6.45) is 9.84. The van der Waals surface area contributed by atoms with Gasteiger partial charge in [-0.3, -0.25) is 4.79 Å². The average molecular weight is 419 g/mol. The highest BCUT2D eigenvalue weighted by atomic mass is 32.2. The van der Waals surface area contributed by atoms with Gasteiger partial charge in [0.05, 0.1) is 11.5 Å². The van der Waals surface area contributed by atoms with Crippen molar-refractivity contribution in [3.63, 3.8) is 0 Å². The predicted molar refractivity (Wildman–Crippen MR) is 114 cm³/mol. The van der Waals surface area contributed by atoms with Gasteiger partial charge in [0, 0.05) is 38.3 Å². The quantitative estimate of drug-likeness (QED) is 0.687. The number of benzene rings is 1. The number of carbonyl (C=O) groups is 1. The lowest BCUT2D eigenvalue weighted by Crippen LogP contribution is -2.46. The van der Waals surface area contributed by atoms with Crippen molar-refractivity contribution in [2.24, 2.45) is 0 Å². The second-order valence-electron chi connectivity index (χ2n) is 8.32. The molecule has 6 nitrogen and oxygen atoms in total. The van der Waals surface area contributed by atoms with E-state index in [1.165, 1.54) is 25.3 Å². The number of sulfone groups is 1. The number of likely N-dealkylation sites (tertiary alicyclic amines) is 1. The van der Waals surface area contributed by atoms with E-state index in [0.717, 1.165) is 43.3 Å². The van der Waals surface area contributed by atoms with E-state index in [-0.39, 0.29) is 36.6 Å². The summed E-state index contributed by atoms with van der Waals surface area (Å²) in [5.41, 5.74) is 0.926. The van der Waals surface area contributed by atoms with Gasteiger partial charge in [-0.25, -0.2) is 8.42 Å². The first-order valence-electron chi connectivity index (χ1n) is 10.7. The van der Waals surface area contributed by atoms with Crippen molar-refractivity contribution in [3.05, 3.63) is 35.9 Å². The molecule has 0 radical (unpaired) electrons. The van der Waals surface area contributed by atoms with E-state index in [4.69, 9.17) is 4.74 Å². The van der Waals surface area contributed by atoms with Crippen LogP contribution in [0.15, 0.2) is 30.3 Å². The fourth-order valence-electron chi connectivity index (χ4n) is 4.17. The third-order valence-electron chi connectivity index (χ3n) is 6.32. The molecule has 2 heterocycles. The van der Waals surface area contributed by atoms with Crippen molar-refractivity contribution in [2.45, 2.75) is 44.2 Å². The Morgan fingerprint density at radius 2 is 1.62 bits per heavy atom. The van der Waals surface area contributed by atoms with Gasteiger partial charge < -0.3 is 14.5 Å². The van der Waals surface area contributed by atoms with Crippen LogP contribution in [0.25, 0.3) is 6.08 Å². The smallest absolute Gasteiger partial charge is 0.246 e. The number of amides is 1. The molecule has 0 bridgehead atoms. The van der Waals surface area contributed by atoms with Crippen molar-refractivity contribution in [3.8, 4) is 5.75 Å². The summed E-state index contributed by atoms with van der Waals surface area (Å²) >= 11 is 0. The molecule has 7 heteroatoms. The highest BCUT2D eigenvalue weighted by Crippen LogP contribution is 2.28. The first kappa shape index (κ1) is 20.4. The maximum Gasteiger partial charge on any atom is 0.246 e. The molecule has 4 rings (SSSR count). The van der Waals surface area contributed by atoms with Gasteiger partial charge in [0.2, 0.25) is 5.91 Å². The molecule has 3 aliphatic rings. The van der Waals surface area contributed by atoms with Gasteiger partial charge in [0.1, 0.15) is 11.9 Å². The molecule has 29 heavy (non-hydrogen) atoms. The Kier molecular flexibility index (Phi) is 6.25. The average Bonchev–Trinajstić information content (AvgIpc) is 2.67. The second-order valence-corrected chi connectivity index (χ2v) is 10.6. The molecule has 3 fully saturated rings. The molecule has 1 aliphatic carbocycles. The third kappa shape index (κ3) is 5.39. The third-order valence-corrected chi connectivity index (χ3v) is 7.93. The summed E-state index contributed by atoms with van der Waals surface area (Å²) < 4.78 is 29.1.